The summed E-state index contributed by atoms with van der Waals surface area (Å²) in [7, 11) is 0. The summed E-state index contributed by atoms with van der Waals surface area (Å²) in [4.78, 5) is 38.0. The molecule has 0 aromatic heterocycles. The van der Waals surface area contributed by atoms with Gasteiger partial charge in [0.15, 0.2) is 0 Å². The Balaban J connectivity index is 1.74. The molecule has 2 aromatic rings. The molecular formula is C18H15ClFN3O3. The topological polar surface area (TPSA) is 78.5 Å². The lowest BCUT2D eigenvalue weighted by atomic mass is 9.92. The average molecular weight is 376 g/mol. The van der Waals surface area contributed by atoms with Crippen LogP contribution in [0.15, 0.2) is 48.5 Å². The molecule has 6 nitrogen and oxygen atoms in total. The van der Waals surface area contributed by atoms with Crippen LogP contribution in [0.5, 0.6) is 0 Å². The number of benzene rings is 2. The normalized spacial score (nSPS) is 19.4. The van der Waals surface area contributed by atoms with Crippen molar-refractivity contribution in [2.75, 3.05) is 11.9 Å². The number of carbonyl (C=O) groups is 3. The van der Waals surface area contributed by atoms with Crippen LogP contribution < -0.4 is 10.6 Å². The summed E-state index contributed by atoms with van der Waals surface area (Å²) in [5.74, 6) is -1.70. The summed E-state index contributed by atoms with van der Waals surface area (Å²) in [5, 5.41) is 5.10. The van der Waals surface area contributed by atoms with Gasteiger partial charge in [-0.15, -0.1) is 0 Å². The Labute approximate surface area is 153 Å². The van der Waals surface area contributed by atoms with Gasteiger partial charge in [-0.25, -0.2) is 9.18 Å². The van der Waals surface area contributed by atoms with Gasteiger partial charge in [-0.05, 0) is 30.7 Å². The Morgan fingerprint density at radius 3 is 2.58 bits per heavy atom. The predicted molar refractivity (Wildman–Crippen MR) is 94.1 cm³/mol. The number of halogens is 2. The van der Waals surface area contributed by atoms with E-state index < -0.39 is 35.7 Å². The minimum Gasteiger partial charge on any atom is -0.323 e. The van der Waals surface area contributed by atoms with E-state index in [1.54, 1.807) is 37.3 Å². The summed E-state index contributed by atoms with van der Waals surface area (Å²) in [6, 6.07) is 11.6. The molecule has 1 atom stereocenters. The molecule has 134 valence electrons. The number of nitrogens with one attached hydrogen (secondary N) is 2. The van der Waals surface area contributed by atoms with Crippen molar-refractivity contribution in [3.63, 3.8) is 0 Å². The van der Waals surface area contributed by atoms with Gasteiger partial charge in [0.05, 0.1) is 10.7 Å². The molecule has 0 radical (unpaired) electrons. The maximum atomic E-state index is 13.1. The van der Waals surface area contributed by atoms with Crippen LogP contribution in [-0.2, 0) is 15.1 Å². The monoisotopic (exact) mass is 375 g/mol. The van der Waals surface area contributed by atoms with Crippen molar-refractivity contribution in [3.8, 4) is 0 Å². The Bertz CT molecular complexity index is 891. The zero-order valence-electron chi connectivity index (χ0n) is 13.8. The van der Waals surface area contributed by atoms with Gasteiger partial charge in [0.2, 0.25) is 5.91 Å². The van der Waals surface area contributed by atoms with Gasteiger partial charge in [-0.3, -0.25) is 14.5 Å². The second-order valence-corrected chi connectivity index (χ2v) is 6.39. The van der Waals surface area contributed by atoms with E-state index in [2.05, 4.69) is 10.6 Å². The van der Waals surface area contributed by atoms with Crippen LogP contribution in [-0.4, -0.2) is 29.3 Å². The van der Waals surface area contributed by atoms with Crippen LogP contribution in [0.1, 0.15) is 12.5 Å². The lowest BCUT2D eigenvalue weighted by Crippen LogP contribution is -2.42. The molecule has 0 bridgehead atoms. The summed E-state index contributed by atoms with van der Waals surface area (Å²) in [6.07, 6.45) is 0. The van der Waals surface area contributed by atoms with Crippen molar-refractivity contribution in [1.82, 2.24) is 10.2 Å². The molecular weight excluding hydrogens is 361 g/mol. The van der Waals surface area contributed by atoms with E-state index in [4.69, 9.17) is 11.6 Å². The van der Waals surface area contributed by atoms with Crippen molar-refractivity contribution < 1.29 is 18.8 Å². The molecule has 3 rings (SSSR count). The maximum Gasteiger partial charge on any atom is 0.325 e. The fourth-order valence-corrected chi connectivity index (χ4v) is 2.95. The Kier molecular flexibility index (Phi) is 4.65. The third-order valence-electron chi connectivity index (χ3n) is 4.13. The zero-order chi connectivity index (χ0) is 18.9. The van der Waals surface area contributed by atoms with Gasteiger partial charge in [0.25, 0.3) is 5.91 Å². The molecule has 1 aliphatic heterocycles. The van der Waals surface area contributed by atoms with Gasteiger partial charge in [-0.1, -0.05) is 41.9 Å². The van der Waals surface area contributed by atoms with Crippen LogP contribution >= 0.6 is 11.6 Å². The van der Waals surface area contributed by atoms with E-state index in [0.29, 0.717) is 5.56 Å². The zero-order valence-corrected chi connectivity index (χ0v) is 14.5. The van der Waals surface area contributed by atoms with E-state index in [9.17, 15) is 18.8 Å². The Hall–Kier alpha value is -2.93. The molecule has 0 unspecified atom stereocenters. The number of imide groups is 1. The summed E-state index contributed by atoms with van der Waals surface area (Å²) < 4.78 is 13.1. The fraction of sp³-hybridized carbons (Fsp3) is 0.167. The quantitative estimate of drug-likeness (QED) is 0.806. The lowest BCUT2D eigenvalue weighted by Gasteiger charge is -2.22. The lowest BCUT2D eigenvalue weighted by molar-refractivity contribution is -0.133. The summed E-state index contributed by atoms with van der Waals surface area (Å²) in [5.41, 5.74) is -0.439. The number of rotatable bonds is 4. The molecule has 0 aliphatic carbocycles. The van der Waals surface area contributed by atoms with Crippen molar-refractivity contribution >= 4 is 35.1 Å². The van der Waals surface area contributed by atoms with Crippen LogP contribution in [0.3, 0.4) is 0 Å². The first-order valence-electron chi connectivity index (χ1n) is 7.76. The highest BCUT2D eigenvalue weighted by atomic mass is 35.5. The first-order valence-corrected chi connectivity index (χ1v) is 8.13. The molecule has 8 heteroatoms. The first kappa shape index (κ1) is 17.9. The van der Waals surface area contributed by atoms with Crippen molar-refractivity contribution in [2.24, 2.45) is 0 Å². The minimum atomic E-state index is -1.24. The highest BCUT2D eigenvalue weighted by molar-refractivity contribution is 6.33. The molecule has 2 N–H and O–H groups in total. The maximum absolute atomic E-state index is 13.1. The second kappa shape index (κ2) is 6.76. The molecule has 0 saturated carbocycles. The van der Waals surface area contributed by atoms with Crippen LogP contribution in [0.4, 0.5) is 14.9 Å². The molecule has 0 spiro atoms. The van der Waals surface area contributed by atoms with E-state index in [-0.39, 0.29) is 10.7 Å². The number of anilines is 1. The summed E-state index contributed by atoms with van der Waals surface area (Å²) in [6.45, 7) is 1.10. The molecule has 1 fully saturated rings. The third kappa shape index (κ3) is 3.25. The van der Waals surface area contributed by atoms with Gasteiger partial charge in [-0.2, -0.15) is 0 Å². The SMILES string of the molecule is C[C@]1(c2ccccc2)NC(=O)N(CC(=O)Nc2ccc(F)cc2Cl)C1=O. The van der Waals surface area contributed by atoms with E-state index in [1.165, 1.54) is 6.07 Å². The van der Waals surface area contributed by atoms with Gasteiger partial charge in [0.1, 0.15) is 17.9 Å². The highest BCUT2D eigenvalue weighted by Gasteiger charge is 2.49. The Morgan fingerprint density at radius 2 is 1.92 bits per heavy atom. The fourth-order valence-electron chi connectivity index (χ4n) is 2.73. The molecule has 1 saturated heterocycles. The molecule has 2 aromatic carbocycles. The third-order valence-corrected chi connectivity index (χ3v) is 4.45. The van der Waals surface area contributed by atoms with E-state index in [1.807, 2.05) is 0 Å². The smallest absolute Gasteiger partial charge is 0.323 e. The number of carbonyl (C=O) groups excluding carboxylic acids is 3. The Morgan fingerprint density at radius 1 is 1.23 bits per heavy atom. The van der Waals surface area contributed by atoms with E-state index >= 15 is 0 Å². The van der Waals surface area contributed by atoms with Gasteiger partial charge in [0, 0.05) is 0 Å². The number of nitrogens with zero attached hydrogens (tertiary/aromatic N) is 1. The second-order valence-electron chi connectivity index (χ2n) is 5.98. The van der Waals surface area contributed by atoms with Crippen LogP contribution in [0.2, 0.25) is 5.02 Å². The average Bonchev–Trinajstić information content (AvgIpc) is 2.82. The summed E-state index contributed by atoms with van der Waals surface area (Å²) >= 11 is 5.86. The first-order chi connectivity index (χ1) is 12.3. The minimum absolute atomic E-state index is 0.0182. The largest absolute Gasteiger partial charge is 0.325 e. The highest BCUT2D eigenvalue weighted by Crippen LogP contribution is 2.28. The number of hydrogen-bond donors (Lipinski definition) is 2. The van der Waals surface area contributed by atoms with Crippen molar-refractivity contribution in [2.45, 2.75) is 12.5 Å². The van der Waals surface area contributed by atoms with E-state index in [0.717, 1.165) is 17.0 Å². The number of hydrogen-bond acceptors (Lipinski definition) is 3. The molecule has 1 aliphatic rings. The number of amides is 4. The standard InChI is InChI=1S/C18H15ClFN3O3/c1-18(11-5-3-2-4-6-11)16(25)23(17(26)22-18)10-15(24)21-14-8-7-12(20)9-13(14)19/h2-9H,10H2,1H3,(H,21,24)(H,22,26)/t18-/m1/s1. The van der Waals surface area contributed by atoms with Gasteiger partial charge < -0.3 is 10.6 Å². The van der Waals surface area contributed by atoms with Crippen molar-refractivity contribution in [3.05, 3.63) is 64.9 Å². The van der Waals surface area contributed by atoms with Crippen LogP contribution in [0, 0.1) is 5.82 Å². The molecule has 1 heterocycles. The molecule has 26 heavy (non-hydrogen) atoms. The van der Waals surface area contributed by atoms with Gasteiger partial charge >= 0.3 is 6.03 Å². The van der Waals surface area contributed by atoms with Crippen molar-refractivity contribution in [1.29, 1.82) is 0 Å². The number of urea groups is 1. The predicted octanol–water partition coefficient (Wildman–Crippen LogP) is 2.88. The van der Waals surface area contributed by atoms with Crippen LogP contribution in [0.25, 0.3) is 0 Å². The molecule has 4 amide bonds.